The predicted octanol–water partition coefficient (Wildman–Crippen LogP) is 0.790. The van der Waals surface area contributed by atoms with E-state index in [1.165, 1.54) is 0 Å². The van der Waals surface area contributed by atoms with Crippen LogP contribution < -0.4 is 16.4 Å². The number of nitriles is 1. The number of rotatable bonds is 3. The maximum absolute atomic E-state index is 12.4. The molecule has 7 heteroatoms. The largest absolute Gasteiger partial charge is 0.344 e. The molecular formula is C18H22N6O. The molecule has 1 saturated heterocycles. The van der Waals surface area contributed by atoms with Gasteiger partial charge in [-0.1, -0.05) is 13.0 Å². The van der Waals surface area contributed by atoms with Gasteiger partial charge >= 0.3 is 0 Å². The van der Waals surface area contributed by atoms with Crippen LogP contribution in [0, 0.1) is 17.2 Å². The molecule has 0 aliphatic carbocycles. The summed E-state index contributed by atoms with van der Waals surface area (Å²) in [5.74, 6) is 0.154. The summed E-state index contributed by atoms with van der Waals surface area (Å²) in [4.78, 5) is 21.2. The molecule has 1 aromatic heterocycles. The lowest BCUT2D eigenvalue weighted by atomic mass is 9.78. The molecule has 0 unspecified atom stereocenters. The van der Waals surface area contributed by atoms with E-state index in [0.717, 1.165) is 18.5 Å². The summed E-state index contributed by atoms with van der Waals surface area (Å²) < 4.78 is 0. The minimum atomic E-state index is -0.634. The molecule has 2 heterocycles. The molecule has 130 valence electrons. The van der Waals surface area contributed by atoms with Crippen molar-refractivity contribution in [1.82, 2.24) is 20.6 Å². The van der Waals surface area contributed by atoms with Crippen LogP contribution in [0.15, 0.2) is 24.5 Å². The fraction of sp³-hybridized carbons (Fsp3) is 0.444. The Hall–Kier alpha value is -2.56. The second-order valence-corrected chi connectivity index (χ2v) is 6.83. The number of nitrogens with zero attached hydrogens (tertiary/aromatic N) is 3. The molecule has 1 fully saturated rings. The van der Waals surface area contributed by atoms with Crippen LogP contribution in [0.4, 0.5) is 0 Å². The molecule has 2 aromatic rings. The Morgan fingerprint density at radius 2 is 2.16 bits per heavy atom. The SMILES string of the molecule is C[C@@H]1CNC[C@](NC(=O)[C@@H](C)N)(c2ccc(C#N)c3nccnc23)C1. The number of amides is 1. The van der Waals surface area contributed by atoms with E-state index in [1.54, 1.807) is 25.4 Å². The molecule has 3 rings (SSSR count). The van der Waals surface area contributed by atoms with E-state index in [-0.39, 0.29) is 5.91 Å². The molecule has 1 aromatic carbocycles. The van der Waals surface area contributed by atoms with Crippen LogP contribution in [0.1, 0.15) is 31.4 Å². The van der Waals surface area contributed by atoms with Crippen molar-refractivity contribution in [3.05, 3.63) is 35.7 Å². The van der Waals surface area contributed by atoms with Crippen molar-refractivity contribution in [3.63, 3.8) is 0 Å². The molecule has 0 bridgehead atoms. The zero-order chi connectivity index (χ0) is 18.0. The summed E-state index contributed by atoms with van der Waals surface area (Å²) in [6, 6.07) is 5.16. The van der Waals surface area contributed by atoms with Gasteiger partial charge in [-0.25, -0.2) is 0 Å². The summed E-state index contributed by atoms with van der Waals surface area (Å²) in [6.45, 7) is 5.26. The van der Waals surface area contributed by atoms with E-state index >= 15 is 0 Å². The second-order valence-electron chi connectivity index (χ2n) is 6.83. The van der Waals surface area contributed by atoms with Crippen LogP contribution in [-0.2, 0) is 10.3 Å². The van der Waals surface area contributed by atoms with E-state index in [0.29, 0.717) is 29.1 Å². The van der Waals surface area contributed by atoms with E-state index in [1.807, 2.05) is 6.07 Å². The molecule has 25 heavy (non-hydrogen) atoms. The minimum Gasteiger partial charge on any atom is -0.344 e. The average molecular weight is 338 g/mol. The smallest absolute Gasteiger partial charge is 0.237 e. The van der Waals surface area contributed by atoms with Gasteiger partial charge in [-0.05, 0) is 31.9 Å². The Kier molecular flexibility index (Phi) is 4.66. The van der Waals surface area contributed by atoms with Crippen molar-refractivity contribution < 1.29 is 4.79 Å². The molecular weight excluding hydrogens is 316 g/mol. The van der Waals surface area contributed by atoms with Crippen LogP contribution in [0.2, 0.25) is 0 Å². The number of carbonyl (C=O) groups excluding carboxylic acids is 1. The van der Waals surface area contributed by atoms with Gasteiger partial charge in [0.2, 0.25) is 5.91 Å². The van der Waals surface area contributed by atoms with Gasteiger partial charge in [-0.15, -0.1) is 0 Å². The monoisotopic (exact) mass is 338 g/mol. The summed E-state index contributed by atoms with van der Waals surface area (Å²) in [5, 5.41) is 15.9. The zero-order valence-electron chi connectivity index (χ0n) is 14.4. The zero-order valence-corrected chi connectivity index (χ0v) is 14.4. The molecule has 4 N–H and O–H groups in total. The van der Waals surface area contributed by atoms with Crippen molar-refractivity contribution in [2.24, 2.45) is 11.7 Å². The molecule has 0 radical (unpaired) electrons. The van der Waals surface area contributed by atoms with Crippen LogP contribution in [-0.4, -0.2) is 35.0 Å². The molecule has 3 atom stereocenters. The number of hydrogen-bond acceptors (Lipinski definition) is 6. The Morgan fingerprint density at radius 1 is 1.44 bits per heavy atom. The highest BCUT2D eigenvalue weighted by Gasteiger charge is 2.40. The molecule has 1 aliphatic rings. The van der Waals surface area contributed by atoms with Gasteiger partial charge in [0.15, 0.2) is 0 Å². The summed E-state index contributed by atoms with van der Waals surface area (Å²) in [5.41, 5.74) is 7.67. The van der Waals surface area contributed by atoms with Crippen LogP contribution in [0.5, 0.6) is 0 Å². The number of nitrogens with one attached hydrogen (secondary N) is 2. The average Bonchev–Trinajstić information content (AvgIpc) is 2.60. The highest BCUT2D eigenvalue weighted by molar-refractivity contribution is 5.87. The second kappa shape index (κ2) is 6.75. The van der Waals surface area contributed by atoms with Gasteiger partial charge in [0, 0.05) is 24.5 Å². The number of benzene rings is 1. The van der Waals surface area contributed by atoms with Gasteiger partial charge in [0.1, 0.15) is 11.6 Å². The third kappa shape index (κ3) is 3.18. The van der Waals surface area contributed by atoms with E-state index in [9.17, 15) is 10.1 Å². The fourth-order valence-corrected chi connectivity index (χ4v) is 3.52. The summed E-state index contributed by atoms with van der Waals surface area (Å²) in [7, 11) is 0. The highest BCUT2D eigenvalue weighted by Crippen LogP contribution is 2.35. The van der Waals surface area contributed by atoms with Crippen molar-refractivity contribution in [2.75, 3.05) is 13.1 Å². The third-order valence-corrected chi connectivity index (χ3v) is 4.65. The van der Waals surface area contributed by atoms with Gasteiger partial charge in [0.05, 0.1) is 22.7 Å². The maximum atomic E-state index is 12.4. The number of aromatic nitrogens is 2. The van der Waals surface area contributed by atoms with Crippen molar-refractivity contribution in [2.45, 2.75) is 31.8 Å². The molecule has 0 saturated carbocycles. The lowest BCUT2D eigenvalue weighted by Gasteiger charge is -2.42. The van der Waals surface area contributed by atoms with Gasteiger partial charge < -0.3 is 16.4 Å². The predicted molar refractivity (Wildman–Crippen MR) is 94.4 cm³/mol. The van der Waals surface area contributed by atoms with Gasteiger partial charge in [0.25, 0.3) is 0 Å². The standard InChI is InChI=1S/C18H22N6O/c1-11-7-18(10-21-9-11,24-17(25)12(2)20)14-4-3-13(8-19)15-16(14)23-6-5-22-15/h3-6,11-12,21H,7,9-10,20H2,1-2H3,(H,24,25)/t11-,12+,18-/m0/s1. The first-order valence-corrected chi connectivity index (χ1v) is 8.39. The maximum Gasteiger partial charge on any atom is 0.237 e. The minimum absolute atomic E-state index is 0.211. The normalized spacial score (nSPS) is 24.5. The third-order valence-electron chi connectivity index (χ3n) is 4.65. The van der Waals surface area contributed by atoms with Crippen LogP contribution >= 0.6 is 0 Å². The Morgan fingerprint density at radius 3 is 2.80 bits per heavy atom. The van der Waals surface area contributed by atoms with Crippen molar-refractivity contribution >= 4 is 16.9 Å². The van der Waals surface area contributed by atoms with Crippen molar-refractivity contribution in [1.29, 1.82) is 5.26 Å². The first-order valence-electron chi connectivity index (χ1n) is 8.39. The van der Waals surface area contributed by atoms with Gasteiger partial charge in [-0.2, -0.15) is 5.26 Å². The van der Waals surface area contributed by atoms with Crippen molar-refractivity contribution in [3.8, 4) is 6.07 Å². The molecule has 7 nitrogen and oxygen atoms in total. The number of hydrogen-bond donors (Lipinski definition) is 3. The number of fused-ring (bicyclic) bond motifs is 1. The topological polar surface area (TPSA) is 117 Å². The molecule has 1 amide bonds. The Labute approximate surface area is 146 Å². The molecule has 1 aliphatic heterocycles. The fourth-order valence-electron chi connectivity index (χ4n) is 3.52. The summed E-state index contributed by atoms with van der Waals surface area (Å²) in [6.07, 6.45) is 3.94. The Bertz CT molecular complexity index is 843. The first-order chi connectivity index (χ1) is 12.0. The molecule has 0 spiro atoms. The van der Waals surface area contributed by atoms with E-state index < -0.39 is 11.6 Å². The number of piperidine rings is 1. The lowest BCUT2D eigenvalue weighted by molar-refractivity contribution is -0.124. The lowest BCUT2D eigenvalue weighted by Crippen LogP contribution is -2.59. The first kappa shape index (κ1) is 17.3. The number of nitrogens with two attached hydrogens (primary N) is 1. The summed E-state index contributed by atoms with van der Waals surface area (Å²) >= 11 is 0. The number of carbonyl (C=O) groups is 1. The van der Waals surface area contributed by atoms with Gasteiger partial charge in [-0.3, -0.25) is 14.8 Å². The van der Waals surface area contributed by atoms with Crippen LogP contribution in [0.25, 0.3) is 11.0 Å². The quantitative estimate of drug-likeness (QED) is 0.762. The Balaban J connectivity index is 2.19. The highest BCUT2D eigenvalue weighted by atomic mass is 16.2. The van der Waals surface area contributed by atoms with E-state index in [4.69, 9.17) is 5.73 Å². The van der Waals surface area contributed by atoms with E-state index in [2.05, 4.69) is 33.6 Å². The van der Waals surface area contributed by atoms with Crippen LogP contribution in [0.3, 0.4) is 0 Å².